The van der Waals surface area contributed by atoms with Crippen molar-refractivity contribution >= 4 is 49.9 Å². The summed E-state index contributed by atoms with van der Waals surface area (Å²) in [4.78, 5) is 0. The van der Waals surface area contributed by atoms with Gasteiger partial charge < -0.3 is 10.5 Å². The van der Waals surface area contributed by atoms with Crippen LogP contribution >= 0.6 is 49.9 Å². The maximum Gasteiger partial charge on any atom is 0.127 e. The van der Waals surface area contributed by atoms with Gasteiger partial charge >= 0.3 is 0 Å². The van der Waals surface area contributed by atoms with Crippen LogP contribution in [0.2, 0.25) is 0 Å². The predicted molar refractivity (Wildman–Crippen MR) is 86.4 cm³/mol. The fraction of sp³-hybridized carbons (Fsp3) is 0.231. The minimum absolute atomic E-state index is 0.117. The fourth-order valence-electron chi connectivity index (χ4n) is 2.20. The molecular formula is C13H11BrINOS. The highest BCUT2D eigenvalue weighted by Crippen LogP contribution is 2.38. The molecule has 1 unspecified atom stereocenters. The highest BCUT2D eigenvalue weighted by atomic mass is 127. The van der Waals surface area contributed by atoms with Crippen molar-refractivity contribution in [2.75, 3.05) is 6.61 Å². The largest absolute Gasteiger partial charge is 0.493 e. The van der Waals surface area contributed by atoms with Crippen LogP contribution in [0.25, 0.3) is 0 Å². The minimum Gasteiger partial charge on any atom is -0.493 e. The second kappa shape index (κ2) is 5.11. The Morgan fingerprint density at radius 1 is 1.39 bits per heavy atom. The molecule has 0 saturated carbocycles. The van der Waals surface area contributed by atoms with E-state index in [4.69, 9.17) is 10.5 Å². The van der Waals surface area contributed by atoms with Gasteiger partial charge in [-0.1, -0.05) is 15.9 Å². The van der Waals surface area contributed by atoms with Crippen molar-refractivity contribution in [3.63, 3.8) is 0 Å². The molecule has 1 aliphatic heterocycles. The number of nitrogens with two attached hydrogens (primary N) is 1. The quantitative estimate of drug-likeness (QED) is 0.720. The van der Waals surface area contributed by atoms with Crippen molar-refractivity contribution in [3.05, 3.63) is 47.6 Å². The Labute approximate surface area is 132 Å². The van der Waals surface area contributed by atoms with Crippen molar-refractivity contribution in [2.45, 2.75) is 12.5 Å². The zero-order chi connectivity index (χ0) is 12.7. The van der Waals surface area contributed by atoms with Crippen molar-refractivity contribution in [1.29, 1.82) is 0 Å². The highest BCUT2D eigenvalue weighted by molar-refractivity contribution is 14.1. The van der Waals surface area contributed by atoms with Crippen LogP contribution in [0.1, 0.15) is 22.7 Å². The van der Waals surface area contributed by atoms with E-state index in [9.17, 15) is 0 Å². The van der Waals surface area contributed by atoms with Gasteiger partial charge in [0.05, 0.1) is 15.5 Å². The second-order valence-electron chi connectivity index (χ2n) is 4.24. The van der Waals surface area contributed by atoms with Crippen LogP contribution in [0.15, 0.2) is 28.1 Å². The summed E-state index contributed by atoms with van der Waals surface area (Å²) >= 11 is 7.59. The fourth-order valence-corrected chi connectivity index (χ4v) is 4.13. The molecule has 0 saturated heterocycles. The number of hydrogen-bond donors (Lipinski definition) is 1. The Hall–Kier alpha value is -0.110. The third-order valence-electron chi connectivity index (χ3n) is 3.06. The van der Waals surface area contributed by atoms with E-state index < -0.39 is 0 Å². The molecule has 0 spiro atoms. The van der Waals surface area contributed by atoms with E-state index in [1.165, 1.54) is 8.45 Å². The number of thiophene rings is 1. The van der Waals surface area contributed by atoms with Gasteiger partial charge in [-0.2, -0.15) is 0 Å². The lowest BCUT2D eigenvalue weighted by atomic mass is 9.98. The SMILES string of the molecule is NC(c1csc(I)c1)c1cc(Br)cc2c1OCC2. The first-order valence-electron chi connectivity index (χ1n) is 5.60. The predicted octanol–water partition coefficient (Wildman–Crippen LogP) is 4.10. The molecule has 1 aromatic heterocycles. The molecule has 1 aliphatic rings. The van der Waals surface area contributed by atoms with Gasteiger partial charge in [0, 0.05) is 16.5 Å². The maximum atomic E-state index is 6.37. The van der Waals surface area contributed by atoms with Gasteiger partial charge in [0.2, 0.25) is 0 Å². The number of ether oxygens (including phenoxy) is 1. The molecule has 2 nitrogen and oxygen atoms in total. The van der Waals surface area contributed by atoms with Crippen LogP contribution in [0, 0.1) is 2.88 Å². The van der Waals surface area contributed by atoms with E-state index >= 15 is 0 Å². The zero-order valence-electron chi connectivity index (χ0n) is 9.45. The van der Waals surface area contributed by atoms with E-state index in [1.807, 2.05) is 0 Å². The van der Waals surface area contributed by atoms with Crippen LogP contribution in [0.3, 0.4) is 0 Å². The van der Waals surface area contributed by atoms with Crippen molar-refractivity contribution in [3.8, 4) is 5.75 Å². The lowest BCUT2D eigenvalue weighted by Gasteiger charge is -2.15. The number of fused-ring (bicyclic) bond motifs is 1. The molecule has 3 rings (SSSR count). The van der Waals surface area contributed by atoms with E-state index in [1.54, 1.807) is 11.3 Å². The third-order valence-corrected chi connectivity index (χ3v) is 5.32. The average Bonchev–Trinajstić information content (AvgIpc) is 2.95. The Balaban J connectivity index is 2.06. The van der Waals surface area contributed by atoms with Gasteiger partial charge in [0.15, 0.2) is 0 Å². The number of hydrogen-bond acceptors (Lipinski definition) is 3. The first-order chi connectivity index (χ1) is 8.65. The monoisotopic (exact) mass is 435 g/mol. The molecule has 5 heteroatoms. The lowest BCUT2D eigenvalue weighted by Crippen LogP contribution is -2.12. The van der Waals surface area contributed by atoms with Gasteiger partial charge in [-0.3, -0.25) is 0 Å². The summed E-state index contributed by atoms with van der Waals surface area (Å²) in [5, 5.41) is 2.12. The standard InChI is InChI=1S/C13H11BrINOS/c14-9-3-7-1-2-17-13(7)10(5-9)12(16)8-4-11(15)18-6-8/h3-6,12H,1-2,16H2. The van der Waals surface area contributed by atoms with Gasteiger partial charge in [0.1, 0.15) is 5.75 Å². The Kier molecular flexibility index (Phi) is 3.66. The summed E-state index contributed by atoms with van der Waals surface area (Å²) in [6.45, 7) is 0.757. The van der Waals surface area contributed by atoms with E-state index in [0.717, 1.165) is 34.4 Å². The van der Waals surface area contributed by atoms with Crippen molar-refractivity contribution in [2.24, 2.45) is 5.73 Å². The van der Waals surface area contributed by atoms with Crippen LogP contribution in [-0.2, 0) is 6.42 Å². The molecule has 0 aliphatic carbocycles. The van der Waals surface area contributed by atoms with E-state index in [0.29, 0.717) is 0 Å². The number of benzene rings is 1. The first kappa shape index (κ1) is 12.9. The molecule has 0 fully saturated rings. The molecule has 0 bridgehead atoms. The first-order valence-corrected chi connectivity index (χ1v) is 8.35. The summed E-state index contributed by atoms with van der Waals surface area (Å²) in [6.07, 6.45) is 0.968. The second-order valence-corrected chi connectivity index (χ2v) is 7.96. The molecule has 2 N–H and O–H groups in total. The zero-order valence-corrected chi connectivity index (χ0v) is 14.0. The van der Waals surface area contributed by atoms with Gasteiger partial charge in [-0.15, -0.1) is 11.3 Å². The molecule has 1 atom stereocenters. The summed E-state index contributed by atoms with van der Waals surface area (Å²) < 4.78 is 8.06. The van der Waals surface area contributed by atoms with Crippen molar-refractivity contribution < 1.29 is 4.74 Å². The van der Waals surface area contributed by atoms with Gasteiger partial charge in [0.25, 0.3) is 0 Å². The van der Waals surface area contributed by atoms with Gasteiger partial charge in [-0.25, -0.2) is 0 Å². The van der Waals surface area contributed by atoms with Gasteiger partial charge in [-0.05, 0) is 57.3 Å². The topological polar surface area (TPSA) is 35.2 Å². The lowest BCUT2D eigenvalue weighted by molar-refractivity contribution is 0.352. The third kappa shape index (κ3) is 2.33. The molecule has 94 valence electrons. The summed E-state index contributed by atoms with van der Waals surface area (Å²) in [6, 6.07) is 6.21. The molecule has 0 amide bonds. The van der Waals surface area contributed by atoms with E-state index in [2.05, 4.69) is 62.1 Å². The van der Waals surface area contributed by atoms with Crippen molar-refractivity contribution in [1.82, 2.24) is 0 Å². The molecule has 18 heavy (non-hydrogen) atoms. The van der Waals surface area contributed by atoms with Crippen LogP contribution in [-0.4, -0.2) is 6.61 Å². The summed E-state index contributed by atoms with van der Waals surface area (Å²) in [5.74, 6) is 0.979. The molecular weight excluding hydrogens is 425 g/mol. The van der Waals surface area contributed by atoms with Crippen LogP contribution < -0.4 is 10.5 Å². The Bertz CT molecular complexity index is 599. The molecule has 1 aromatic carbocycles. The van der Waals surface area contributed by atoms with Crippen LogP contribution in [0.4, 0.5) is 0 Å². The Morgan fingerprint density at radius 2 is 2.22 bits per heavy atom. The highest BCUT2D eigenvalue weighted by Gasteiger charge is 2.22. The maximum absolute atomic E-state index is 6.37. The Morgan fingerprint density at radius 3 is 2.94 bits per heavy atom. The molecule has 2 heterocycles. The summed E-state index contributed by atoms with van der Waals surface area (Å²) in [5.41, 5.74) is 9.85. The smallest absolute Gasteiger partial charge is 0.127 e. The van der Waals surface area contributed by atoms with E-state index in [-0.39, 0.29) is 6.04 Å². The normalized spacial score (nSPS) is 15.3. The molecule has 2 aromatic rings. The van der Waals surface area contributed by atoms with Crippen LogP contribution in [0.5, 0.6) is 5.75 Å². The summed E-state index contributed by atoms with van der Waals surface area (Å²) in [7, 11) is 0. The molecule has 0 radical (unpaired) electrons. The minimum atomic E-state index is -0.117. The number of halogens is 2. The average molecular weight is 436 g/mol. The number of rotatable bonds is 2.